The smallest absolute Gasteiger partial charge is 0.0780 e. The first-order valence-electron chi connectivity index (χ1n) is 23.9. The predicted molar refractivity (Wildman–Crippen MR) is 294 cm³/mol. The number of fused-ring (bicyclic) bond motifs is 1. The monoisotopic (exact) mass is 890 g/mol. The van der Waals surface area contributed by atoms with E-state index < -0.39 is 0 Å². The lowest BCUT2D eigenvalue weighted by molar-refractivity contribution is 1.32. The van der Waals surface area contributed by atoms with Crippen molar-refractivity contribution in [2.75, 3.05) is 0 Å². The molecule has 12 rings (SSSR count). The maximum atomic E-state index is 5.54. The third kappa shape index (κ3) is 8.74. The molecule has 12 aromatic rings. The van der Waals surface area contributed by atoms with E-state index in [0.717, 1.165) is 72.5 Å². The van der Waals surface area contributed by atoms with Crippen LogP contribution >= 0.6 is 0 Å². The molecule has 0 saturated carbocycles. The van der Waals surface area contributed by atoms with Crippen molar-refractivity contribution in [1.82, 2.24) is 9.97 Å². The molecule has 2 nitrogen and oxygen atoms in total. The molecule has 0 aliphatic carbocycles. The van der Waals surface area contributed by atoms with Gasteiger partial charge in [0.1, 0.15) is 0 Å². The van der Waals surface area contributed by atoms with Gasteiger partial charge in [-0.05, 0) is 156 Å². The molecule has 0 atom stereocenters. The van der Waals surface area contributed by atoms with Crippen LogP contribution in [-0.2, 0) is 0 Å². The van der Waals surface area contributed by atoms with Crippen LogP contribution in [0.25, 0.3) is 122 Å². The van der Waals surface area contributed by atoms with Gasteiger partial charge < -0.3 is 0 Å². The van der Waals surface area contributed by atoms with E-state index >= 15 is 0 Å². The molecule has 0 aliphatic rings. The predicted octanol–water partition coefficient (Wildman–Crippen LogP) is 18.3. The molecule has 0 spiro atoms. The van der Waals surface area contributed by atoms with E-state index in [4.69, 9.17) is 9.97 Å². The highest BCUT2D eigenvalue weighted by atomic mass is 14.7. The molecular weight excluding hydrogens is 845 g/mol. The fourth-order valence-electron chi connectivity index (χ4n) is 9.68. The average Bonchev–Trinajstić information content (AvgIpc) is 3.45. The molecular formula is C68H46N2. The lowest BCUT2D eigenvalue weighted by atomic mass is 9.91. The van der Waals surface area contributed by atoms with Crippen LogP contribution in [0.4, 0.5) is 0 Å². The number of pyridine rings is 2. The van der Waals surface area contributed by atoms with Crippen LogP contribution in [0.5, 0.6) is 0 Å². The second kappa shape index (κ2) is 18.8. The van der Waals surface area contributed by atoms with E-state index in [0.29, 0.717) is 0 Å². The molecule has 0 saturated heterocycles. The van der Waals surface area contributed by atoms with Crippen molar-refractivity contribution >= 4 is 10.8 Å². The van der Waals surface area contributed by atoms with Gasteiger partial charge in [0, 0.05) is 28.3 Å². The molecule has 0 aliphatic heterocycles. The first-order valence-corrected chi connectivity index (χ1v) is 23.9. The number of hydrogen-bond donors (Lipinski definition) is 0. The maximum absolute atomic E-state index is 5.54. The third-order valence-electron chi connectivity index (χ3n) is 13.2. The summed E-state index contributed by atoms with van der Waals surface area (Å²) in [6, 6.07) is 98.0. The third-order valence-corrected chi connectivity index (χ3v) is 13.2. The fourth-order valence-corrected chi connectivity index (χ4v) is 9.68. The summed E-state index contributed by atoms with van der Waals surface area (Å²) in [6.07, 6.45) is 1.91. The highest BCUT2D eigenvalue weighted by Crippen LogP contribution is 2.39. The topological polar surface area (TPSA) is 25.8 Å². The quantitative estimate of drug-likeness (QED) is 0.137. The van der Waals surface area contributed by atoms with Gasteiger partial charge >= 0.3 is 0 Å². The van der Waals surface area contributed by atoms with Crippen LogP contribution in [-0.4, -0.2) is 9.97 Å². The minimum atomic E-state index is 0.897. The molecule has 70 heavy (non-hydrogen) atoms. The van der Waals surface area contributed by atoms with Crippen LogP contribution in [0.2, 0.25) is 0 Å². The second-order valence-corrected chi connectivity index (χ2v) is 17.8. The summed E-state index contributed by atoms with van der Waals surface area (Å²) < 4.78 is 0. The van der Waals surface area contributed by atoms with Gasteiger partial charge in [0.2, 0.25) is 0 Å². The Morgan fingerprint density at radius 2 is 0.500 bits per heavy atom. The van der Waals surface area contributed by atoms with Crippen molar-refractivity contribution < 1.29 is 0 Å². The molecule has 0 N–H and O–H groups in total. The van der Waals surface area contributed by atoms with Crippen LogP contribution in [0, 0.1) is 0 Å². The molecule has 0 radical (unpaired) electrons. The van der Waals surface area contributed by atoms with Crippen molar-refractivity contribution in [3.8, 4) is 112 Å². The minimum absolute atomic E-state index is 0.897. The Labute approximate surface area is 409 Å². The van der Waals surface area contributed by atoms with E-state index in [9.17, 15) is 0 Å². The summed E-state index contributed by atoms with van der Waals surface area (Å²) in [4.78, 5) is 10.4. The number of hydrogen-bond acceptors (Lipinski definition) is 2. The van der Waals surface area contributed by atoms with Crippen molar-refractivity contribution in [2.45, 2.75) is 0 Å². The van der Waals surface area contributed by atoms with E-state index in [-0.39, 0.29) is 0 Å². The first kappa shape index (κ1) is 42.1. The van der Waals surface area contributed by atoms with Crippen LogP contribution in [0.1, 0.15) is 0 Å². The highest BCUT2D eigenvalue weighted by molar-refractivity contribution is 5.95. The van der Waals surface area contributed by atoms with E-state index in [1.165, 1.54) is 49.9 Å². The van der Waals surface area contributed by atoms with E-state index in [1.54, 1.807) is 0 Å². The molecule has 2 aromatic heterocycles. The van der Waals surface area contributed by atoms with Crippen molar-refractivity contribution in [1.29, 1.82) is 0 Å². The van der Waals surface area contributed by atoms with Crippen molar-refractivity contribution in [3.05, 3.63) is 279 Å². The Balaban J connectivity index is 1.01. The number of aromatic nitrogens is 2. The van der Waals surface area contributed by atoms with Gasteiger partial charge in [-0.2, -0.15) is 0 Å². The van der Waals surface area contributed by atoms with Gasteiger partial charge in [0.05, 0.1) is 17.1 Å². The Bertz CT molecular complexity index is 3500. The van der Waals surface area contributed by atoms with E-state index in [1.807, 2.05) is 6.20 Å². The lowest BCUT2D eigenvalue weighted by Gasteiger charge is -2.15. The molecule has 2 heterocycles. The summed E-state index contributed by atoms with van der Waals surface area (Å²) in [5, 5.41) is 2.30. The average molecular weight is 891 g/mol. The zero-order valence-corrected chi connectivity index (χ0v) is 38.5. The number of benzene rings is 10. The lowest BCUT2D eigenvalue weighted by Crippen LogP contribution is -1.93. The van der Waals surface area contributed by atoms with Crippen molar-refractivity contribution in [2.24, 2.45) is 0 Å². The van der Waals surface area contributed by atoms with E-state index in [2.05, 4.69) is 273 Å². The highest BCUT2D eigenvalue weighted by Gasteiger charge is 2.15. The largest absolute Gasteiger partial charge is 0.256 e. The second-order valence-electron chi connectivity index (χ2n) is 17.8. The van der Waals surface area contributed by atoms with Gasteiger partial charge in [0.15, 0.2) is 0 Å². The van der Waals surface area contributed by atoms with Gasteiger partial charge in [-0.25, -0.2) is 4.98 Å². The van der Waals surface area contributed by atoms with Crippen LogP contribution in [0.3, 0.4) is 0 Å². The minimum Gasteiger partial charge on any atom is -0.256 e. The van der Waals surface area contributed by atoms with Crippen LogP contribution < -0.4 is 0 Å². The normalized spacial score (nSPS) is 11.1. The van der Waals surface area contributed by atoms with Crippen LogP contribution in [0.15, 0.2) is 279 Å². The Kier molecular flexibility index (Phi) is 11.3. The maximum Gasteiger partial charge on any atom is 0.0780 e. The van der Waals surface area contributed by atoms with Gasteiger partial charge in [-0.1, -0.05) is 200 Å². The SMILES string of the molecule is c1ccc(-c2cc(-c3ccccc3)cc(-c3cccc(-c4cc(-c5cccc(-c6nccc7ccccc67)c5)cc(-c5cccc(-c6cc(-c7ccccc7)cc(-c7ccccc7)c6)c5)n4)c3)c2)cc1. The molecule has 328 valence electrons. The fraction of sp³-hybridized carbons (Fsp3) is 0. The number of rotatable bonds is 10. The summed E-state index contributed by atoms with van der Waals surface area (Å²) in [6.45, 7) is 0. The summed E-state index contributed by atoms with van der Waals surface area (Å²) in [5.41, 5.74) is 22.1. The first-order chi connectivity index (χ1) is 34.6. The molecule has 2 heteroatoms. The van der Waals surface area contributed by atoms with Crippen molar-refractivity contribution in [3.63, 3.8) is 0 Å². The zero-order valence-electron chi connectivity index (χ0n) is 38.5. The molecule has 0 unspecified atom stereocenters. The molecule has 0 bridgehead atoms. The standard InChI is InChI=1S/C68H46N2/c1-5-18-47(19-6-1)58-39-59(48-20-7-2-8-21-48)42-62(41-58)52-27-15-30-55(36-52)66-45-64(54-29-17-32-57(38-54)68-65-33-14-13-26-51(65)34-35-69-68)46-67(70-66)56-31-16-28-53(37-56)63-43-60(49-22-9-3-10-23-49)40-61(44-63)50-24-11-4-12-25-50/h1-46H. The number of nitrogens with zero attached hydrogens (tertiary/aromatic N) is 2. The molecule has 0 fully saturated rings. The Hall–Kier alpha value is -9.24. The summed E-state index contributed by atoms with van der Waals surface area (Å²) in [7, 11) is 0. The van der Waals surface area contributed by atoms with Gasteiger partial charge in [0.25, 0.3) is 0 Å². The molecule has 10 aromatic carbocycles. The Morgan fingerprint density at radius 3 is 0.929 bits per heavy atom. The van der Waals surface area contributed by atoms with Gasteiger partial charge in [-0.15, -0.1) is 0 Å². The van der Waals surface area contributed by atoms with Gasteiger partial charge in [-0.3, -0.25) is 4.98 Å². The Morgan fingerprint density at radius 1 is 0.200 bits per heavy atom. The summed E-state index contributed by atoms with van der Waals surface area (Å²) >= 11 is 0. The zero-order chi connectivity index (χ0) is 46.6. The molecule has 0 amide bonds. The summed E-state index contributed by atoms with van der Waals surface area (Å²) in [5.74, 6) is 0.